The quantitative estimate of drug-likeness (QED) is 0.436. The average molecular weight is 368 g/mol. The van der Waals surface area contributed by atoms with Gasteiger partial charge in [0.2, 0.25) is 0 Å². The van der Waals surface area contributed by atoms with Gasteiger partial charge in [-0.05, 0) is 61.5 Å². The number of nitrogens with one attached hydrogen (secondary N) is 2. The normalized spacial score (nSPS) is 27.2. The van der Waals surface area contributed by atoms with E-state index in [0.717, 1.165) is 16.3 Å². The fraction of sp³-hybridized carbons (Fsp3) is 0.467. The van der Waals surface area contributed by atoms with E-state index in [1.165, 1.54) is 25.7 Å². The molecular formula is C15H18BrN3OS. The molecule has 21 heavy (non-hydrogen) atoms. The van der Waals surface area contributed by atoms with Gasteiger partial charge in [-0.1, -0.05) is 22.4 Å². The molecule has 3 N–H and O–H groups in total. The molecule has 2 saturated carbocycles. The largest absolute Gasteiger partial charge is 0.507 e. The number of fused-ring (bicyclic) bond motifs is 2. The van der Waals surface area contributed by atoms with Gasteiger partial charge >= 0.3 is 0 Å². The summed E-state index contributed by atoms with van der Waals surface area (Å²) in [5, 5.41) is 17.7. The van der Waals surface area contributed by atoms with Crippen LogP contribution < -0.4 is 10.7 Å². The van der Waals surface area contributed by atoms with E-state index in [9.17, 15) is 5.11 Å². The summed E-state index contributed by atoms with van der Waals surface area (Å²) >= 11 is 8.64. The van der Waals surface area contributed by atoms with Gasteiger partial charge in [0.15, 0.2) is 5.11 Å². The Kier molecular flexibility index (Phi) is 4.45. The molecule has 2 aliphatic rings. The first-order valence-electron chi connectivity index (χ1n) is 7.20. The van der Waals surface area contributed by atoms with Gasteiger partial charge in [-0.25, -0.2) is 0 Å². The number of hydrogen-bond donors (Lipinski definition) is 3. The lowest BCUT2D eigenvalue weighted by Crippen LogP contribution is -2.42. The fourth-order valence-corrected chi connectivity index (χ4v) is 3.99. The molecule has 1 aromatic rings. The highest BCUT2D eigenvalue weighted by Gasteiger charge is 2.39. The number of hydrogen-bond acceptors (Lipinski definition) is 3. The van der Waals surface area contributed by atoms with E-state index in [0.29, 0.717) is 16.7 Å². The maximum Gasteiger partial charge on any atom is 0.187 e. The van der Waals surface area contributed by atoms with Crippen LogP contribution in [0, 0.1) is 11.8 Å². The molecule has 2 aliphatic carbocycles. The van der Waals surface area contributed by atoms with Gasteiger partial charge in [0.05, 0.1) is 6.21 Å². The van der Waals surface area contributed by atoms with Crippen molar-refractivity contribution in [3.05, 3.63) is 28.2 Å². The number of phenols is 1. The first-order valence-corrected chi connectivity index (χ1v) is 8.40. The fourth-order valence-electron chi connectivity index (χ4n) is 3.41. The average Bonchev–Trinajstić information content (AvgIpc) is 3.05. The first kappa shape index (κ1) is 14.8. The molecule has 2 fully saturated rings. The topological polar surface area (TPSA) is 56.7 Å². The van der Waals surface area contributed by atoms with E-state index in [-0.39, 0.29) is 5.75 Å². The Balaban J connectivity index is 1.51. The second-order valence-electron chi connectivity index (χ2n) is 5.83. The van der Waals surface area contributed by atoms with Crippen molar-refractivity contribution in [2.45, 2.75) is 31.7 Å². The third-order valence-corrected chi connectivity index (χ3v) is 5.12. The van der Waals surface area contributed by atoms with E-state index < -0.39 is 0 Å². The van der Waals surface area contributed by atoms with E-state index >= 15 is 0 Å². The van der Waals surface area contributed by atoms with Crippen molar-refractivity contribution in [2.24, 2.45) is 16.9 Å². The summed E-state index contributed by atoms with van der Waals surface area (Å²) < 4.78 is 0.893. The van der Waals surface area contributed by atoms with Crippen LogP contribution in [0.2, 0.25) is 0 Å². The zero-order chi connectivity index (χ0) is 14.8. The zero-order valence-electron chi connectivity index (χ0n) is 11.6. The highest BCUT2D eigenvalue weighted by molar-refractivity contribution is 9.10. The molecule has 3 rings (SSSR count). The van der Waals surface area contributed by atoms with Gasteiger partial charge < -0.3 is 10.4 Å². The molecule has 0 radical (unpaired) electrons. The number of nitrogens with zero attached hydrogens (tertiary/aromatic N) is 1. The molecule has 0 saturated heterocycles. The number of phenolic OH excluding ortho intramolecular Hbond substituents is 1. The smallest absolute Gasteiger partial charge is 0.187 e. The Bertz CT molecular complexity index is 578. The molecule has 1 aromatic carbocycles. The summed E-state index contributed by atoms with van der Waals surface area (Å²) in [6.07, 6.45) is 6.83. The first-order chi connectivity index (χ1) is 10.1. The minimum atomic E-state index is 0.190. The summed E-state index contributed by atoms with van der Waals surface area (Å²) in [6.45, 7) is 0. The third kappa shape index (κ3) is 3.55. The van der Waals surface area contributed by atoms with Crippen LogP contribution in [-0.2, 0) is 0 Å². The predicted octanol–water partition coefficient (Wildman–Crippen LogP) is 3.14. The van der Waals surface area contributed by atoms with Crippen LogP contribution in [0.5, 0.6) is 5.75 Å². The second kappa shape index (κ2) is 6.32. The zero-order valence-corrected chi connectivity index (χ0v) is 14.0. The maximum atomic E-state index is 9.71. The van der Waals surface area contributed by atoms with E-state index in [1.54, 1.807) is 24.4 Å². The lowest BCUT2D eigenvalue weighted by atomic mass is 9.96. The van der Waals surface area contributed by atoms with E-state index in [4.69, 9.17) is 12.2 Å². The van der Waals surface area contributed by atoms with Gasteiger partial charge in [0.1, 0.15) is 5.75 Å². The lowest BCUT2D eigenvalue weighted by molar-refractivity contribution is 0.389. The molecular weight excluding hydrogens is 350 g/mol. The van der Waals surface area contributed by atoms with Crippen molar-refractivity contribution in [2.75, 3.05) is 0 Å². The molecule has 3 atom stereocenters. The van der Waals surface area contributed by atoms with Crippen molar-refractivity contribution >= 4 is 39.5 Å². The van der Waals surface area contributed by atoms with Crippen LogP contribution in [0.3, 0.4) is 0 Å². The van der Waals surface area contributed by atoms with Crippen molar-refractivity contribution in [1.82, 2.24) is 10.7 Å². The number of hydrazone groups is 1. The molecule has 0 aromatic heterocycles. The Morgan fingerprint density at radius 2 is 2.24 bits per heavy atom. The van der Waals surface area contributed by atoms with Crippen LogP contribution in [-0.4, -0.2) is 22.5 Å². The molecule has 0 spiro atoms. The van der Waals surface area contributed by atoms with Gasteiger partial charge in [0.25, 0.3) is 0 Å². The van der Waals surface area contributed by atoms with Crippen molar-refractivity contribution in [1.29, 1.82) is 0 Å². The number of aromatic hydroxyl groups is 1. The SMILES string of the molecule is Oc1ccc(Br)cc1/C=N/NC(=S)NC1CC2CCC1C2. The lowest BCUT2D eigenvalue weighted by Gasteiger charge is -2.23. The minimum absolute atomic E-state index is 0.190. The van der Waals surface area contributed by atoms with Crippen LogP contribution in [0.4, 0.5) is 0 Å². The number of rotatable bonds is 3. The van der Waals surface area contributed by atoms with Crippen LogP contribution in [0.1, 0.15) is 31.2 Å². The summed E-state index contributed by atoms with van der Waals surface area (Å²) in [7, 11) is 0. The molecule has 4 nitrogen and oxygen atoms in total. The molecule has 2 bridgehead atoms. The summed E-state index contributed by atoms with van der Waals surface area (Å²) in [5.41, 5.74) is 3.47. The van der Waals surface area contributed by atoms with Crippen LogP contribution >= 0.6 is 28.1 Å². The van der Waals surface area contributed by atoms with Crippen LogP contribution in [0.15, 0.2) is 27.8 Å². The summed E-state index contributed by atoms with van der Waals surface area (Å²) in [6, 6.07) is 5.70. The monoisotopic (exact) mass is 367 g/mol. The highest BCUT2D eigenvalue weighted by Crippen LogP contribution is 2.44. The van der Waals surface area contributed by atoms with Gasteiger partial charge in [-0.15, -0.1) is 0 Å². The molecule has 0 aliphatic heterocycles. The minimum Gasteiger partial charge on any atom is -0.507 e. The maximum absolute atomic E-state index is 9.71. The molecule has 3 unspecified atom stereocenters. The van der Waals surface area contributed by atoms with Gasteiger partial charge in [-0.3, -0.25) is 5.43 Å². The molecule has 0 heterocycles. The Labute approximate surface area is 138 Å². The Morgan fingerprint density at radius 3 is 2.95 bits per heavy atom. The number of benzene rings is 1. The Morgan fingerprint density at radius 1 is 1.38 bits per heavy atom. The standard InChI is InChI=1S/C15H18BrN3OS/c16-12-3-4-14(20)11(7-12)8-17-19-15(21)18-13-6-9-1-2-10(13)5-9/h3-4,7-10,13,20H,1-2,5-6H2,(H2,18,19,21)/b17-8+. The molecule has 0 amide bonds. The number of thiocarbonyl (C=S) groups is 1. The van der Waals surface area contributed by atoms with E-state index in [1.807, 2.05) is 0 Å². The highest BCUT2D eigenvalue weighted by atomic mass is 79.9. The summed E-state index contributed by atoms with van der Waals surface area (Å²) in [5.74, 6) is 1.85. The van der Waals surface area contributed by atoms with Gasteiger partial charge in [0, 0.05) is 16.1 Å². The summed E-state index contributed by atoms with van der Waals surface area (Å²) in [4.78, 5) is 0. The number of halogens is 1. The van der Waals surface area contributed by atoms with Crippen molar-refractivity contribution < 1.29 is 5.11 Å². The van der Waals surface area contributed by atoms with Crippen molar-refractivity contribution in [3.63, 3.8) is 0 Å². The van der Waals surface area contributed by atoms with Gasteiger partial charge in [-0.2, -0.15) is 5.10 Å². The third-order valence-electron chi connectivity index (χ3n) is 4.41. The van der Waals surface area contributed by atoms with E-state index in [2.05, 4.69) is 31.8 Å². The predicted molar refractivity (Wildman–Crippen MR) is 91.5 cm³/mol. The second-order valence-corrected chi connectivity index (χ2v) is 7.15. The molecule has 6 heteroatoms. The van der Waals surface area contributed by atoms with Crippen molar-refractivity contribution in [3.8, 4) is 5.75 Å². The van der Waals surface area contributed by atoms with Crippen LogP contribution in [0.25, 0.3) is 0 Å². The molecule has 112 valence electrons. The Hall–Kier alpha value is -1.14.